The van der Waals surface area contributed by atoms with E-state index in [1.54, 1.807) is 0 Å². The molecule has 6 nitrogen and oxygen atoms in total. The molecule has 0 aliphatic heterocycles. The molecule has 0 saturated carbocycles. The molecule has 0 saturated heterocycles. The quantitative estimate of drug-likeness (QED) is 0.164. The van der Waals surface area contributed by atoms with Crippen LogP contribution in [0.3, 0.4) is 0 Å². The molecule has 5 rings (SSSR count). The third-order valence-electron chi connectivity index (χ3n) is 7.20. The molecule has 0 atom stereocenters. The SMILES string of the molecule is CCOC(CCCn1cnc2c(c(-c3ccccc3)c(-c3ccccc3)n2CCc2ccccc2)c1=N)OCC. The number of hydrogen-bond donors (Lipinski definition) is 1. The highest BCUT2D eigenvalue weighted by molar-refractivity contribution is 6.02. The Bertz CT molecular complexity index is 1550. The minimum Gasteiger partial charge on any atom is -0.353 e. The lowest BCUT2D eigenvalue weighted by molar-refractivity contribution is -0.140. The molecule has 0 bridgehead atoms. The second kappa shape index (κ2) is 13.4. The van der Waals surface area contributed by atoms with Crippen LogP contribution in [-0.2, 0) is 29.0 Å². The monoisotopic (exact) mass is 534 g/mol. The Balaban J connectivity index is 1.62. The van der Waals surface area contributed by atoms with Gasteiger partial charge in [0.1, 0.15) is 11.1 Å². The first-order chi connectivity index (χ1) is 19.7. The molecular formula is C34H38N4O2. The van der Waals surface area contributed by atoms with Crippen molar-refractivity contribution in [3.63, 3.8) is 0 Å². The molecule has 0 radical (unpaired) electrons. The van der Waals surface area contributed by atoms with Crippen molar-refractivity contribution >= 4 is 11.0 Å². The molecule has 206 valence electrons. The molecule has 0 unspecified atom stereocenters. The zero-order valence-corrected chi connectivity index (χ0v) is 23.4. The van der Waals surface area contributed by atoms with Crippen LogP contribution in [0.15, 0.2) is 97.3 Å². The number of aryl methyl sites for hydroxylation is 3. The van der Waals surface area contributed by atoms with Crippen LogP contribution in [-0.4, -0.2) is 33.6 Å². The molecule has 0 amide bonds. The van der Waals surface area contributed by atoms with Gasteiger partial charge in [-0.25, -0.2) is 4.98 Å². The normalized spacial score (nSPS) is 11.5. The van der Waals surface area contributed by atoms with Gasteiger partial charge in [-0.05, 0) is 43.4 Å². The summed E-state index contributed by atoms with van der Waals surface area (Å²) in [5, 5.41) is 10.3. The van der Waals surface area contributed by atoms with Crippen LogP contribution in [0.1, 0.15) is 32.3 Å². The molecule has 6 heteroatoms. The molecule has 3 aromatic carbocycles. The van der Waals surface area contributed by atoms with E-state index in [1.165, 1.54) is 5.56 Å². The molecule has 2 aromatic heterocycles. The topological polar surface area (TPSA) is 65.1 Å². The van der Waals surface area contributed by atoms with Crippen molar-refractivity contribution in [1.82, 2.24) is 14.1 Å². The number of benzene rings is 3. The summed E-state index contributed by atoms with van der Waals surface area (Å²) in [4.78, 5) is 5.00. The van der Waals surface area contributed by atoms with Crippen molar-refractivity contribution in [3.8, 4) is 22.4 Å². The van der Waals surface area contributed by atoms with Gasteiger partial charge in [0.2, 0.25) is 0 Å². The van der Waals surface area contributed by atoms with Crippen LogP contribution in [0.4, 0.5) is 0 Å². The third kappa shape index (κ3) is 6.09. The van der Waals surface area contributed by atoms with Crippen LogP contribution >= 0.6 is 0 Å². The van der Waals surface area contributed by atoms with E-state index in [0.29, 0.717) is 25.2 Å². The van der Waals surface area contributed by atoms with E-state index < -0.39 is 0 Å². The standard InChI is InChI=1S/C34H38N4O2/c1-3-39-29(40-4-2)21-14-23-37-25-36-34-31(33(37)35)30(27-17-10-6-11-18-27)32(28-19-12-7-13-20-28)38(34)24-22-26-15-8-5-9-16-26/h5-13,15-20,25,29,35H,3-4,14,21-24H2,1-2H3. The van der Waals surface area contributed by atoms with Crippen molar-refractivity contribution in [2.75, 3.05) is 13.2 Å². The number of aromatic nitrogens is 3. The summed E-state index contributed by atoms with van der Waals surface area (Å²) >= 11 is 0. The fraction of sp³-hybridized carbons (Fsp3) is 0.294. The van der Waals surface area contributed by atoms with Gasteiger partial charge in [0.05, 0.1) is 17.4 Å². The van der Waals surface area contributed by atoms with E-state index in [4.69, 9.17) is 14.5 Å². The van der Waals surface area contributed by atoms with E-state index in [-0.39, 0.29) is 6.29 Å². The first-order valence-corrected chi connectivity index (χ1v) is 14.3. The van der Waals surface area contributed by atoms with Crippen molar-refractivity contribution in [1.29, 1.82) is 5.41 Å². The number of nitrogens with zero attached hydrogens (tertiary/aromatic N) is 3. The van der Waals surface area contributed by atoms with Crippen molar-refractivity contribution in [2.24, 2.45) is 0 Å². The summed E-state index contributed by atoms with van der Waals surface area (Å²) in [5.41, 5.74) is 6.97. The molecule has 0 fully saturated rings. The molecule has 1 N–H and O–H groups in total. The lowest BCUT2D eigenvalue weighted by atomic mass is 9.99. The molecule has 5 aromatic rings. The van der Waals surface area contributed by atoms with E-state index in [1.807, 2.05) is 36.9 Å². The molecule has 2 heterocycles. The van der Waals surface area contributed by atoms with Crippen LogP contribution in [0, 0.1) is 5.41 Å². The Morgan fingerprint density at radius 3 is 2.00 bits per heavy atom. The Kier molecular flexibility index (Phi) is 9.22. The first kappa shape index (κ1) is 27.6. The maximum atomic E-state index is 9.39. The zero-order valence-electron chi connectivity index (χ0n) is 23.4. The van der Waals surface area contributed by atoms with Crippen LogP contribution in [0.2, 0.25) is 0 Å². The van der Waals surface area contributed by atoms with Gasteiger partial charge in [-0.1, -0.05) is 91.0 Å². The second-order valence-corrected chi connectivity index (χ2v) is 9.81. The summed E-state index contributed by atoms with van der Waals surface area (Å²) in [6.45, 7) is 6.64. The van der Waals surface area contributed by atoms with Gasteiger partial charge in [-0.15, -0.1) is 0 Å². The van der Waals surface area contributed by atoms with Crippen LogP contribution in [0.5, 0.6) is 0 Å². The summed E-state index contributed by atoms with van der Waals surface area (Å²) in [5.74, 6) is 0. The Morgan fingerprint density at radius 2 is 1.38 bits per heavy atom. The van der Waals surface area contributed by atoms with Gasteiger partial charge in [-0.2, -0.15) is 0 Å². The van der Waals surface area contributed by atoms with Gasteiger partial charge in [0.25, 0.3) is 0 Å². The van der Waals surface area contributed by atoms with E-state index in [0.717, 1.165) is 59.2 Å². The van der Waals surface area contributed by atoms with Gasteiger partial charge >= 0.3 is 0 Å². The fourth-order valence-electron chi connectivity index (χ4n) is 5.36. The van der Waals surface area contributed by atoms with E-state index in [2.05, 4.69) is 83.4 Å². The summed E-state index contributed by atoms with van der Waals surface area (Å²) < 4.78 is 15.7. The highest BCUT2D eigenvalue weighted by Gasteiger charge is 2.23. The maximum Gasteiger partial charge on any atom is 0.157 e. The summed E-state index contributed by atoms with van der Waals surface area (Å²) in [7, 11) is 0. The minimum atomic E-state index is -0.217. The van der Waals surface area contributed by atoms with E-state index in [9.17, 15) is 5.41 Å². The number of nitrogens with one attached hydrogen (secondary N) is 1. The van der Waals surface area contributed by atoms with Crippen LogP contribution < -0.4 is 5.49 Å². The Morgan fingerprint density at radius 1 is 0.775 bits per heavy atom. The van der Waals surface area contributed by atoms with E-state index >= 15 is 0 Å². The van der Waals surface area contributed by atoms with Crippen molar-refractivity contribution in [2.45, 2.75) is 52.5 Å². The minimum absolute atomic E-state index is 0.217. The number of ether oxygens (including phenoxy) is 2. The number of rotatable bonds is 13. The second-order valence-electron chi connectivity index (χ2n) is 9.81. The first-order valence-electron chi connectivity index (χ1n) is 14.3. The lowest BCUT2D eigenvalue weighted by Crippen LogP contribution is -2.23. The van der Waals surface area contributed by atoms with Gasteiger partial charge in [-0.3, -0.25) is 5.41 Å². The highest BCUT2D eigenvalue weighted by Crippen LogP contribution is 2.39. The largest absolute Gasteiger partial charge is 0.353 e. The maximum absolute atomic E-state index is 9.39. The van der Waals surface area contributed by atoms with Crippen molar-refractivity contribution in [3.05, 3.63) is 108 Å². The van der Waals surface area contributed by atoms with Gasteiger partial charge < -0.3 is 18.6 Å². The number of hydrogen-bond acceptors (Lipinski definition) is 4. The smallest absolute Gasteiger partial charge is 0.157 e. The molecule has 0 aliphatic rings. The van der Waals surface area contributed by atoms with Gasteiger partial charge in [0, 0.05) is 38.3 Å². The molecule has 0 spiro atoms. The predicted octanol–water partition coefficient (Wildman–Crippen LogP) is 7.07. The lowest BCUT2D eigenvalue weighted by Gasteiger charge is -2.17. The predicted molar refractivity (Wildman–Crippen MR) is 161 cm³/mol. The average Bonchev–Trinajstić information content (AvgIpc) is 3.34. The Hall–Kier alpha value is -4.00. The molecule has 40 heavy (non-hydrogen) atoms. The fourth-order valence-corrected chi connectivity index (χ4v) is 5.36. The zero-order chi connectivity index (χ0) is 27.7. The van der Waals surface area contributed by atoms with Crippen molar-refractivity contribution < 1.29 is 9.47 Å². The Labute approximate surface area is 236 Å². The molecule has 0 aliphatic carbocycles. The average molecular weight is 535 g/mol. The number of fused-ring (bicyclic) bond motifs is 1. The summed E-state index contributed by atoms with van der Waals surface area (Å²) in [6, 6.07) is 31.5. The highest BCUT2D eigenvalue weighted by atomic mass is 16.7. The third-order valence-corrected chi connectivity index (χ3v) is 7.20. The van der Waals surface area contributed by atoms with Gasteiger partial charge in [0.15, 0.2) is 6.29 Å². The molecular weight excluding hydrogens is 496 g/mol. The summed E-state index contributed by atoms with van der Waals surface area (Å²) in [6.07, 6.45) is 4.08. The van der Waals surface area contributed by atoms with Crippen LogP contribution in [0.25, 0.3) is 33.4 Å².